The molecule has 0 aliphatic carbocycles. The number of amides is 1. The molecule has 0 N–H and O–H groups in total. The van der Waals surface area contributed by atoms with E-state index in [0.29, 0.717) is 29.5 Å². The Morgan fingerprint density at radius 3 is 2.64 bits per heavy atom. The van der Waals surface area contributed by atoms with Crippen LogP contribution >= 0.6 is 38.9 Å². The fourth-order valence-corrected chi connectivity index (χ4v) is 4.44. The van der Waals surface area contributed by atoms with Crippen molar-refractivity contribution in [1.29, 1.82) is 0 Å². The number of carbonyl (C=O) groups excluding carboxylic acids is 1. The van der Waals surface area contributed by atoms with Gasteiger partial charge < -0.3 is 4.90 Å². The molecule has 1 amide bonds. The van der Waals surface area contributed by atoms with Crippen LogP contribution in [0.3, 0.4) is 0 Å². The van der Waals surface area contributed by atoms with E-state index < -0.39 is 0 Å². The highest BCUT2D eigenvalue weighted by molar-refractivity contribution is 9.11. The normalized spacial score (nSPS) is 10.9. The molecule has 0 aliphatic rings. The Hall–Kier alpha value is -1.63. The Kier molecular flexibility index (Phi) is 5.61. The van der Waals surface area contributed by atoms with Crippen LogP contribution in [0, 0.1) is 6.92 Å². The lowest BCUT2D eigenvalue weighted by Gasteiger charge is -2.16. The minimum Gasteiger partial charge on any atom is -0.336 e. The van der Waals surface area contributed by atoms with Crippen LogP contribution in [0.15, 0.2) is 46.3 Å². The van der Waals surface area contributed by atoms with Crippen molar-refractivity contribution in [3.05, 3.63) is 73.1 Å². The van der Waals surface area contributed by atoms with Gasteiger partial charge in [0.25, 0.3) is 5.91 Å². The van der Waals surface area contributed by atoms with Crippen molar-refractivity contribution >= 4 is 44.8 Å². The number of benzene rings is 1. The van der Waals surface area contributed by atoms with E-state index in [1.54, 1.807) is 28.0 Å². The van der Waals surface area contributed by atoms with E-state index in [9.17, 15) is 4.79 Å². The highest BCUT2D eigenvalue weighted by Crippen LogP contribution is 2.26. The topological polar surface area (TPSA) is 38.1 Å². The summed E-state index contributed by atoms with van der Waals surface area (Å²) in [5.74, 6) is -0.119. The van der Waals surface area contributed by atoms with Crippen molar-refractivity contribution in [2.75, 3.05) is 7.05 Å². The lowest BCUT2D eigenvalue weighted by molar-refractivity contribution is 0.0786. The largest absolute Gasteiger partial charge is 0.336 e. The zero-order valence-electron chi connectivity index (χ0n) is 13.9. The third kappa shape index (κ3) is 4.14. The monoisotopic (exact) mass is 437 g/mol. The van der Waals surface area contributed by atoms with E-state index in [2.05, 4.69) is 21.0 Å². The number of hydrogen-bond donors (Lipinski definition) is 0. The third-order valence-electron chi connectivity index (χ3n) is 3.82. The minimum absolute atomic E-state index is 0.119. The van der Waals surface area contributed by atoms with Gasteiger partial charge in [0.1, 0.15) is 5.15 Å². The van der Waals surface area contributed by atoms with Crippen LogP contribution in [0.2, 0.25) is 5.15 Å². The maximum atomic E-state index is 12.8. The van der Waals surface area contributed by atoms with Crippen LogP contribution < -0.4 is 0 Å². The van der Waals surface area contributed by atoms with Gasteiger partial charge in [-0.3, -0.25) is 4.79 Å². The van der Waals surface area contributed by atoms with Gasteiger partial charge in [-0.2, -0.15) is 5.10 Å². The molecule has 0 saturated carbocycles. The number of nitrogens with zero attached hydrogens (tertiary/aromatic N) is 3. The Balaban J connectivity index is 1.80. The van der Waals surface area contributed by atoms with Crippen molar-refractivity contribution in [1.82, 2.24) is 14.7 Å². The standard InChI is InChI=1S/C18H17BrClN3OS/c1-12-16(18(24)22(2)11-14-8-9-15(19)25-14)17(20)23(21-12)10-13-6-4-3-5-7-13/h3-9H,10-11H2,1-2H3. The molecule has 130 valence electrons. The Bertz CT molecular complexity index is 891. The van der Waals surface area contributed by atoms with Gasteiger partial charge in [-0.25, -0.2) is 4.68 Å². The summed E-state index contributed by atoms with van der Waals surface area (Å²) in [5, 5.41) is 4.83. The fourth-order valence-electron chi connectivity index (χ4n) is 2.59. The van der Waals surface area contributed by atoms with Gasteiger partial charge in [0.2, 0.25) is 0 Å². The molecule has 0 fully saturated rings. The van der Waals surface area contributed by atoms with E-state index in [1.165, 1.54) is 0 Å². The molecular formula is C18H17BrClN3OS. The Labute approximate surface area is 164 Å². The molecule has 0 atom stereocenters. The van der Waals surface area contributed by atoms with E-state index in [4.69, 9.17) is 11.6 Å². The van der Waals surface area contributed by atoms with Crippen molar-refractivity contribution in [3.8, 4) is 0 Å². The highest BCUT2D eigenvalue weighted by Gasteiger charge is 2.23. The van der Waals surface area contributed by atoms with Crippen LogP contribution in [0.1, 0.15) is 26.5 Å². The number of halogens is 2. The number of hydrogen-bond acceptors (Lipinski definition) is 3. The molecule has 0 saturated heterocycles. The first kappa shape index (κ1) is 18.2. The summed E-state index contributed by atoms with van der Waals surface area (Å²) >= 11 is 11.5. The second-order valence-corrected chi connectivity index (χ2v) is 8.67. The summed E-state index contributed by atoms with van der Waals surface area (Å²) in [6.45, 7) is 2.89. The first-order chi connectivity index (χ1) is 12.0. The second-order valence-electron chi connectivity index (χ2n) is 5.76. The lowest BCUT2D eigenvalue weighted by Crippen LogP contribution is -2.26. The molecule has 2 aromatic heterocycles. The number of aromatic nitrogens is 2. The molecule has 3 aromatic rings. The molecule has 0 spiro atoms. The summed E-state index contributed by atoms with van der Waals surface area (Å²) in [5.41, 5.74) is 2.20. The minimum atomic E-state index is -0.119. The average molecular weight is 439 g/mol. The average Bonchev–Trinajstić information content (AvgIpc) is 3.11. The molecular weight excluding hydrogens is 422 g/mol. The molecule has 0 aliphatic heterocycles. The summed E-state index contributed by atoms with van der Waals surface area (Å²) in [4.78, 5) is 15.6. The SMILES string of the molecule is Cc1nn(Cc2ccccc2)c(Cl)c1C(=O)N(C)Cc1ccc(Br)s1. The van der Waals surface area contributed by atoms with Crippen molar-refractivity contribution < 1.29 is 4.79 Å². The summed E-state index contributed by atoms with van der Waals surface area (Å²) in [6, 6.07) is 13.9. The third-order valence-corrected chi connectivity index (χ3v) is 5.82. The van der Waals surface area contributed by atoms with Gasteiger partial charge in [-0.05, 0) is 40.5 Å². The first-order valence-corrected chi connectivity index (χ1v) is 9.71. The van der Waals surface area contributed by atoms with Gasteiger partial charge in [-0.1, -0.05) is 41.9 Å². The zero-order chi connectivity index (χ0) is 18.0. The smallest absolute Gasteiger partial charge is 0.258 e. The lowest BCUT2D eigenvalue weighted by atomic mass is 10.2. The van der Waals surface area contributed by atoms with Crippen LogP contribution in [0.5, 0.6) is 0 Å². The second kappa shape index (κ2) is 7.72. The number of carbonyl (C=O) groups is 1. The first-order valence-electron chi connectivity index (χ1n) is 7.72. The number of aryl methyl sites for hydroxylation is 1. The maximum absolute atomic E-state index is 12.8. The van der Waals surface area contributed by atoms with Crippen molar-refractivity contribution in [3.63, 3.8) is 0 Å². The summed E-state index contributed by atoms with van der Waals surface area (Å²) in [7, 11) is 1.78. The molecule has 7 heteroatoms. The predicted molar refractivity (Wildman–Crippen MR) is 105 cm³/mol. The van der Waals surface area contributed by atoms with E-state index in [1.807, 2.05) is 49.4 Å². The number of rotatable bonds is 5. The van der Waals surface area contributed by atoms with Crippen molar-refractivity contribution in [2.45, 2.75) is 20.0 Å². The van der Waals surface area contributed by atoms with Crippen LogP contribution in [0.25, 0.3) is 0 Å². The highest BCUT2D eigenvalue weighted by atomic mass is 79.9. The Morgan fingerprint density at radius 1 is 1.28 bits per heavy atom. The van der Waals surface area contributed by atoms with Gasteiger partial charge in [-0.15, -0.1) is 11.3 Å². The molecule has 3 rings (SSSR count). The molecule has 0 bridgehead atoms. The fraction of sp³-hybridized carbons (Fsp3) is 0.222. The van der Waals surface area contributed by atoms with E-state index in [-0.39, 0.29) is 5.91 Å². The van der Waals surface area contributed by atoms with Crippen LogP contribution in [0.4, 0.5) is 0 Å². The zero-order valence-corrected chi connectivity index (χ0v) is 17.0. The quantitative estimate of drug-likeness (QED) is 0.563. The molecule has 25 heavy (non-hydrogen) atoms. The van der Waals surface area contributed by atoms with Crippen LogP contribution in [-0.2, 0) is 13.1 Å². The Morgan fingerprint density at radius 2 is 2.00 bits per heavy atom. The predicted octanol–water partition coefficient (Wildman–Crippen LogP) is 4.99. The van der Waals surface area contributed by atoms with Crippen LogP contribution in [-0.4, -0.2) is 27.6 Å². The van der Waals surface area contributed by atoms with Crippen molar-refractivity contribution in [2.24, 2.45) is 0 Å². The summed E-state index contributed by atoms with van der Waals surface area (Å²) in [6.07, 6.45) is 0. The molecule has 0 unspecified atom stereocenters. The molecule has 2 heterocycles. The summed E-state index contributed by atoms with van der Waals surface area (Å²) < 4.78 is 2.72. The molecule has 1 aromatic carbocycles. The van der Waals surface area contributed by atoms with Gasteiger partial charge in [0.15, 0.2) is 0 Å². The van der Waals surface area contributed by atoms with Gasteiger partial charge in [0, 0.05) is 11.9 Å². The van der Waals surface area contributed by atoms with Gasteiger partial charge in [0.05, 0.1) is 28.1 Å². The maximum Gasteiger partial charge on any atom is 0.258 e. The van der Waals surface area contributed by atoms with E-state index >= 15 is 0 Å². The molecule has 0 radical (unpaired) electrons. The van der Waals surface area contributed by atoms with E-state index in [0.717, 1.165) is 14.2 Å². The number of thiophene rings is 1. The van der Waals surface area contributed by atoms with Gasteiger partial charge >= 0.3 is 0 Å². The molecule has 4 nitrogen and oxygen atoms in total.